The summed E-state index contributed by atoms with van der Waals surface area (Å²) < 4.78 is 5.55. The van der Waals surface area contributed by atoms with Gasteiger partial charge in [-0.1, -0.05) is 12.1 Å². The smallest absolute Gasteiger partial charge is 0.213 e. The molecule has 0 spiro atoms. The van der Waals surface area contributed by atoms with Crippen molar-refractivity contribution in [3.8, 4) is 5.88 Å². The summed E-state index contributed by atoms with van der Waals surface area (Å²) in [5.74, 6) is 0.696. The van der Waals surface area contributed by atoms with E-state index in [-0.39, 0.29) is 0 Å². The van der Waals surface area contributed by atoms with Gasteiger partial charge in [-0.15, -0.1) is 0 Å². The second-order valence-electron chi connectivity index (χ2n) is 3.99. The molecule has 0 aliphatic heterocycles. The number of nitrogens with zero attached hydrogens (tertiary/aromatic N) is 2. The molecule has 0 bridgehead atoms. The van der Waals surface area contributed by atoms with Gasteiger partial charge in [0.15, 0.2) is 0 Å². The molecule has 3 heteroatoms. The Morgan fingerprint density at radius 1 is 1.18 bits per heavy atom. The lowest BCUT2D eigenvalue weighted by Gasteiger charge is -2.05. The molecule has 88 valence electrons. The van der Waals surface area contributed by atoms with Crippen LogP contribution in [0.15, 0.2) is 42.9 Å². The summed E-state index contributed by atoms with van der Waals surface area (Å²) in [6, 6.07) is 7.94. The zero-order chi connectivity index (χ0) is 11.9. The Kier molecular flexibility index (Phi) is 4.08. The maximum absolute atomic E-state index is 5.55. The van der Waals surface area contributed by atoms with E-state index in [0.717, 1.165) is 18.4 Å². The standard InChI is InChI=1S/C14H16N2O/c1-12-6-7-14(16-10-12)17-9-3-5-13-4-2-8-15-11-13/h2,4,6-8,10-11H,3,5,9H2,1H3. The highest BCUT2D eigenvalue weighted by Gasteiger charge is 1.96. The fourth-order valence-electron chi connectivity index (χ4n) is 1.54. The van der Waals surface area contributed by atoms with E-state index < -0.39 is 0 Å². The van der Waals surface area contributed by atoms with Gasteiger partial charge in [0.2, 0.25) is 5.88 Å². The molecule has 0 aliphatic carbocycles. The van der Waals surface area contributed by atoms with Crippen molar-refractivity contribution in [1.82, 2.24) is 9.97 Å². The van der Waals surface area contributed by atoms with E-state index in [0.29, 0.717) is 12.5 Å². The predicted octanol–water partition coefficient (Wildman–Crippen LogP) is 2.80. The Bertz CT molecular complexity index is 440. The summed E-state index contributed by atoms with van der Waals surface area (Å²) in [6.07, 6.45) is 7.46. The predicted molar refractivity (Wildman–Crippen MR) is 67.0 cm³/mol. The van der Waals surface area contributed by atoms with E-state index in [1.165, 1.54) is 5.56 Å². The number of aromatic nitrogens is 2. The van der Waals surface area contributed by atoms with Gasteiger partial charge in [-0.2, -0.15) is 0 Å². The monoisotopic (exact) mass is 228 g/mol. The normalized spacial score (nSPS) is 10.2. The highest BCUT2D eigenvalue weighted by Crippen LogP contribution is 2.07. The minimum Gasteiger partial charge on any atom is -0.478 e. The molecule has 0 aliphatic rings. The van der Waals surface area contributed by atoms with Crippen LogP contribution in [0.5, 0.6) is 5.88 Å². The Morgan fingerprint density at radius 2 is 2.12 bits per heavy atom. The molecule has 0 fully saturated rings. The van der Waals surface area contributed by atoms with Crippen molar-refractivity contribution >= 4 is 0 Å². The molecule has 2 aromatic heterocycles. The summed E-state index contributed by atoms with van der Waals surface area (Å²) in [5, 5.41) is 0. The first-order chi connectivity index (χ1) is 8.34. The average molecular weight is 228 g/mol. The molecule has 17 heavy (non-hydrogen) atoms. The van der Waals surface area contributed by atoms with Crippen LogP contribution < -0.4 is 4.74 Å². The molecule has 0 amide bonds. The largest absolute Gasteiger partial charge is 0.478 e. The van der Waals surface area contributed by atoms with E-state index in [2.05, 4.69) is 16.0 Å². The zero-order valence-corrected chi connectivity index (χ0v) is 9.97. The third kappa shape index (κ3) is 3.87. The number of aryl methyl sites for hydroxylation is 2. The highest BCUT2D eigenvalue weighted by molar-refractivity contribution is 5.16. The third-order valence-corrected chi connectivity index (χ3v) is 2.47. The first-order valence-electron chi connectivity index (χ1n) is 5.79. The molecule has 0 saturated heterocycles. The van der Waals surface area contributed by atoms with Gasteiger partial charge in [0.1, 0.15) is 0 Å². The van der Waals surface area contributed by atoms with Crippen LogP contribution in [0.3, 0.4) is 0 Å². The lowest BCUT2D eigenvalue weighted by atomic mass is 10.2. The van der Waals surface area contributed by atoms with Crippen LogP contribution in [0, 0.1) is 6.92 Å². The average Bonchev–Trinajstić information content (AvgIpc) is 2.38. The lowest BCUT2D eigenvalue weighted by Crippen LogP contribution is -2.00. The number of ether oxygens (including phenoxy) is 1. The molecule has 0 unspecified atom stereocenters. The Balaban J connectivity index is 1.71. The van der Waals surface area contributed by atoms with Crippen LogP contribution in [0.4, 0.5) is 0 Å². The van der Waals surface area contributed by atoms with Crippen molar-refractivity contribution in [2.45, 2.75) is 19.8 Å². The van der Waals surface area contributed by atoms with E-state index >= 15 is 0 Å². The molecule has 0 atom stereocenters. The van der Waals surface area contributed by atoms with Gasteiger partial charge in [0.05, 0.1) is 6.61 Å². The molecule has 3 nitrogen and oxygen atoms in total. The summed E-state index contributed by atoms with van der Waals surface area (Å²) >= 11 is 0. The van der Waals surface area contributed by atoms with Crippen molar-refractivity contribution in [2.75, 3.05) is 6.61 Å². The molecule has 2 aromatic rings. The third-order valence-electron chi connectivity index (χ3n) is 2.47. The van der Waals surface area contributed by atoms with E-state index in [1.807, 2.05) is 37.5 Å². The van der Waals surface area contributed by atoms with E-state index in [4.69, 9.17) is 4.74 Å². The molecule has 0 radical (unpaired) electrons. The molecule has 2 heterocycles. The molecule has 0 saturated carbocycles. The molecule has 2 rings (SSSR count). The van der Waals surface area contributed by atoms with E-state index in [1.54, 1.807) is 6.20 Å². The summed E-state index contributed by atoms with van der Waals surface area (Å²) in [7, 11) is 0. The summed E-state index contributed by atoms with van der Waals surface area (Å²) in [5.41, 5.74) is 2.39. The second kappa shape index (κ2) is 5.99. The van der Waals surface area contributed by atoms with Gasteiger partial charge in [0, 0.05) is 24.7 Å². The van der Waals surface area contributed by atoms with Crippen LogP contribution in [0.1, 0.15) is 17.5 Å². The van der Waals surface area contributed by atoms with E-state index in [9.17, 15) is 0 Å². The number of hydrogen-bond donors (Lipinski definition) is 0. The van der Waals surface area contributed by atoms with Crippen molar-refractivity contribution in [2.24, 2.45) is 0 Å². The SMILES string of the molecule is Cc1ccc(OCCCc2cccnc2)nc1. The molecular weight excluding hydrogens is 212 g/mol. The van der Waals surface area contributed by atoms with Crippen LogP contribution in [-0.4, -0.2) is 16.6 Å². The zero-order valence-electron chi connectivity index (χ0n) is 9.97. The quantitative estimate of drug-likeness (QED) is 0.738. The maximum atomic E-state index is 5.55. The van der Waals surface area contributed by atoms with Gasteiger partial charge >= 0.3 is 0 Å². The molecular formula is C14H16N2O. The Morgan fingerprint density at radius 3 is 2.82 bits per heavy atom. The van der Waals surface area contributed by atoms with Crippen LogP contribution in [0.25, 0.3) is 0 Å². The van der Waals surface area contributed by atoms with Gasteiger partial charge in [-0.05, 0) is 37.0 Å². The maximum Gasteiger partial charge on any atom is 0.213 e. The molecule has 0 N–H and O–H groups in total. The van der Waals surface area contributed by atoms with Gasteiger partial charge in [-0.25, -0.2) is 4.98 Å². The first kappa shape index (κ1) is 11.6. The number of rotatable bonds is 5. The highest BCUT2D eigenvalue weighted by atomic mass is 16.5. The Hall–Kier alpha value is -1.90. The topological polar surface area (TPSA) is 35.0 Å². The first-order valence-corrected chi connectivity index (χ1v) is 5.79. The fourth-order valence-corrected chi connectivity index (χ4v) is 1.54. The lowest BCUT2D eigenvalue weighted by molar-refractivity contribution is 0.299. The van der Waals surface area contributed by atoms with Crippen molar-refractivity contribution < 1.29 is 4.74 Å². The van der Waals surface area contributed by atoms with Gasteiger partial charge in [0.25, 0.3) is 0 Å². The second-order valence-corrected chi connectivity index (χ2v) is 3.99. The summed E-state index contributed by atoms with van der Waals surface area (Å²) in [4.78, 5) is 8.27. The minimum atomic E-state index is 0.685. The fraction of sp³-hybridized carbons (Fsp3) is 0.286. The number of pyridine rings is 2. The van der Waals surface area contributed by atoms with Crippen molar-refractivity contribution in [3.05, 3.63) is 54.0 Å². The van der Waals surface area contributed by atoms with Crippen LogP contribution in [-0.2, 0) is 6.42 Å². The van der Waals surface area contributed by atoms with Gasteiger partial charge in [-0.3, -0.25) is 4.98 Å². The molecule has 0 aromatic carbocycles. The number of hydrogen-bond acceptors (Lipinski definition) is 3. The van der Waals surface area contributed by atoms with Crippen LogP contribution in [0.2, 0.25) is 0 Å². The van der Waals surface area contributed by atoms with Crippen molar-refractivity contribution in [1.29, 1.82) is 0 Å². The summed E-state index contributed by atoms with van der Waals surface area (Å²) in [6.45, 7) is 2.70. The van der Waals surface area contributed by atoms with Gasteiger partial charge < -0.3 is 4.74 Å². The minimum absolute atomic E-state index is 0.685. The van der Waals surface area contributed by atoms with Crippen molar-refractivity contribution in [3.63, 3.8) is 0 Å². The Labute approximate surface area is 102 Å². The van der Waals surface area contributed by atoms with Crippen LogP contribution >= 0.6 is 0 Å².